The van der Waals surface area contributed by atoms with Crippen molar-refractivity contribution < 1.29 is 4.79 Å². The molecule has 0 radical (unpaired) electrons. The summed E-state index contributed by atoms with van der Waals surface area (Å²) in [4.78, 5) is 16.3. The molecule has 0 saturated carbocycles. The molecule has 8 heteroatoms. The summed E-state index contributed by atoms with van der Waals surface area (Å²) in [5, 5.41) is 12.5. The molecule has 7 nitrogen and oxygen atoms in total. The third-order valence-corrected chi connectivity index (χ3v) is 5.24. The van der Waals surface area contributed by atoms with E-state index in [1.807, 2.05) is 63.6 Å². The number of rotatable bonds is 8. The molecule has 3 rings (SSSR count). The van der Waals surface area contributed by atoms with E-state index in [-0.39, 0.29) is 5.91 Å². The van der Waals surface area contributed by atoms with Crippen LogP contribution in [0, 0.1) is 0 Å². The number of hydrogen-bond donors (Lipinski definition) is 0. The fraction of sp³-hybridized carbons (Fsp3) is 0.300. The predicted octanol–water partition coefficient (Wildman–Crippen LogP) is 2.54. The van der Waals surface area contributed by atoms with Gasteiger partial charge in [-0.1, -0.05) is 54.2 Å². The highest BCUT2D eigenvalue weighted by Gasteiger charge is 2.14. The van der Waals surface area contributed by atoms with E-state index in [0.29, 0.717) is 24.0 Å². The lowest BCUT2D eigenvalue weighted by Crippen LogP contribution is -2.28. The molecule has 2 aromatic carbocycles. The second-order valence-corrected chi connectivity index (χ2v) is 7.65. The van der Waals surface area contributed by atoms with Crippen molar-refractivity contribution in [1.29, 1.82) is 0 Å². The number of amides is 1. The molecule has 3 aromatic rings. The van der Waals surface area contributed by atoms with E-state index < -0.39 is 0 Å². The first-order chi connectivity index (χ1) is 13.5. The average Bonchev–Trinajstić information content (AvgIpc) is 3.14. The molecule has 1 aromatic heterocycles. The molecule has 0 spiro atoms. The number of carbonyl (C=O) groups is 1. The summed E-state index contributed by atoms with van der Waals surface area (Å²) >= 11 is 1.36. The zero-order chi connectivity index (χ0) is 19.9. The second-order valence-electron chi connectivity index (χ2n) is 6.70. The Balaban J connectivity index is 1.53. The lowest BCUT2D eigenvalue weighted by molar-refractivity contribution is -0.127. The number of hydrogen-bond acceptors (Lipinski definition) is 6. The molecule has 1 amide bonds. The maximum absolute atomic E-state index is 12.5. The Kier molecular flexibility index (Phi) is 6.65. The van der Waals surface area contributed by atoms with Crippen molar-refractivity contribution in [3.8, 4) is 0 Å². The number of benzene rings is 2. The lowest BCUT2D eigenvalue weighted by Gasteiger charge is -2.18. The van der Waals surface area contributed by atoms with Gasteiger partial charge in [0.1, 0.15) is 0 Å². The fourth-order valence-electron chi connectivity index (χ4n) is 2.65. The van der Waals surface area contributed by atoms with Crippen LogP contribution in [0.15, 0.2) is 59.8 Å². The molecule has 146 valence electrons. The van der Waals surface area contributed by atoms with Crippen LogP contribution in [0.1, 0.15) is 11.1 Å². The highest BCUT2D eigenvalue weighted by molar-refractivity contribution is 7.99. The minimum Gasteiger partial charge on any atom is -0.378 e. The number of thioether (sulfide) groups is 1. The molecule has 0 aliphatic carbocycles. The van der Waals surface area contributed by atoms with Crippen LogP contribution in [0.5, 0.6) is 0 Å². The third kappa shape index (κ3) is 5.32. The predicted molar refractivity (Wildman–Crippen MR) is 111 cm³/mol. The molecule has 28 heavy (non-hydrogen) atoms. The van der Waals surface area contributed by atoms with Gasteiger partial charge in [0, 0.05) is 33.4 Å². The van der Waals surface area contributed by atoms with E-state index in [4.69, 9.17) is 0 Å². The van der Waals surface area contributed by atoms with E-state index in [9.17, 15) is 4.79 Å². The Morgan fingerprint density at radius 3 is 2.39 bits per heavy atom. The first-order valence-corrected chi connectivity index (χ1v) is 9.94. The number of aromatic nitrogens is 4. The largest absolute Gasteiger partial charge is 0.378 e. The monoisotopic (exact) mass is 396 g/mol. The van der Waals surface area contributed by atoms with Gasteiger partial charge in [0.2, 0.25) is 11.1 Å². The summed E-state index contributed by atoms with van der Waals surface area (Å²) in [5.74, 6) is 0.331. The maximum Gasteiger partial charge on any atom is 0.233 e. The molecular formula is C20H24N6OS. The Morgan fingerprint density at radius 1 is 1.00 bits per heavy atom. The van der Waals surface area contributed by atoms with Gasteiger partial charge in [-0.05, 0) is 33.7 Å². The van der Waals surface area contributed by atoms with Crippen molar-refractivity contribution >= 4 is 23.4 Å². The van der Waals surface area contributed by atoms with Gasteiger partial charge < -0.3 is 9.80 Å². The van der Waals surface area contributed by atoms with Gasteiger partial charge in [-0.15, -0.1) is 5.10 Å². The quantitative estimate of drug-likeness (QED) is 0.545. The van der Waals surface area contributed by atoms with Crippen LogP contribution < -0.4 is 4.90 Å². The first-order valence-electron chi connectivity index (χ1n) is 8.96. The maximum atomic E-state index is 12.5. The van der Waals surface area contributed by atoms with E-state index in [2.05, 4.69) is 32.6 Å². The molecule has 0 aliphatic rings. The van der Waals surface area contributed by atoms with Crippen LogP contribution in [0.2, 0.25) is 0 Å². The van der Waals surface area contributed by atoms with Crippen molar-refractivity contribution in [3.63, 3.8) is 0 Å². The normalized spacial score (nSPS) is 10.7. The molecule has 0 N–H and O–H groups in total. The van der Waals surface area contributed by atoms with Crippen molar-refractivity contribution in [3.05, 3.63) is 65.7 Å². The fourth-order valence-corrected chi connectivity index (χ4v) is 3.47. The minimum atomic E-state index is 0.0379. The zero-order valence-electron chi connectivity index (χ0n) is 16.3. The summed E-state index contributed by atoms with van der Waals surface area (Å²) in [6.07, 6.45) is 0. The van der Waals surface area contributed by atoms with Gasteiger partial charge in [0.05, 0.1) is 12.3 Å². The van der Waals surface area contributed by atoms with Crippen LogP contribution in [-0.2, 0) is 17.9 Å². The molecule has 1 heterocycles. The number of carbonyl (C=O) groups excluding carboxylic acids is 1. The molecule has 0 fully saturated rings. The molecular weight excluding hydrogens is 372 g/mol. The summed E-state index contributed by atoms with van der Waals surface area (Å²) in [5.41, 5.74) is 3.35. The third-order valence-electron chi connectivity index (χ3n) is 4.30. The van der Waals surface area contributed by atoms with Crippen LogP contribution in [0.25, 0.3) is 0 Å². The van der Waals surface area contributed by atoms with Crippen LogP contribution in [0.3, 0.4) is 0 Å². The summed E-state index contributed by atoms with van der Waals surface area (Å²) in [7, 11) is 5.83. The van der Waals surface area contributed by atoms with E-state index >= 15 is 0 Å². The second kappa shape index (κ2) is 9.36. The standard InChI is InChI=1S/C20H24N6OS/c1-24(2)18-11-9-17(10-12-18)13-25(3)19(27)15-28-20-21-22-23-26(20)14-16-7-5-4-6-8-16/h4-12H,13-15H2,1-3H3. The van der Waals surface area contributed by atoms with Crippen LogP contribution in [-0.4, -0.2) is 57.9 Å². The number of anilines is 1. The zero-order valence-corrected chi connectivity index (χ0v) is 17.1. The molecule has 0 bridgehead atoms. The van der Waals surface area contributed by atoms with Gasteiger partial charge in [0.15, 0.2) is 0 Å². The average molecular weight is 397 g/mol. The Labute approximate surface area is 169 Å². The van der Waals surface area contributed by atoms with E-state index in [1.165, 1.54) is 11.8 Å². The summed E-state index contributed by atoms with van der Waals surface area (Å²) in [6, 6.07) is 18.2. The molecule has 0 saturated heterocycles. The van der Waals surface area contributed by atoms with Gasteiger partial charge >= 0.3 is 0 Å². The van der Waals surface area contributed by atoms with Gasteiger partial charge in [-0.3, -0.25) is 4.79 Å². The highest BCUT2D eigenvalue weighted by Crippen LogP contribution is 2.17. The Morgan fingerprint density at radius 2 is 1.71 bits per heavy atom. The van der Waals surface area contributed by atoms with E-state index in [0.717, 1.165) is 16.8 Å². The Hall–Kier alpha value is -2.87. The van der Waals surface area contributed by atoms with Crippen LogP contribution in [0.4, 0.5) is 5.69 Å². The van der Waals surface area contributed by atoms with Gasteiger partial charge in [-0.25, -0.2) is 4.68 Å². The van der Waals surface area contributed by atoms with Crippen molar-refractivity contribution in [2.75, 3.05) is 31.8 Å². The number of tetrazole rings is 1. The smallest absolute Gasteiger partial charge is 0.233 e. The topological polar surface area (TPSA) is 67.2 Å². The Bertz CT molecular complexity index is 895. The summed E-state index contributed by atoms with van der Waals surface area (Å²) < 4.78 is 1.72. The molecule has 0 atom stereocenters. The van der Waals surface area contributed by atoms with E-state index in [1.54, 1.807) is 9.58 Å². The number of nitrogens with zero attached hydrogens (tertiary/aromatic N) is 6. The molecule has 0 unspecified atom stereocenters. The van der Waals surface area contributed by atoms with Gasteiger partial charge in [0.25, 0.3) is 0 Å². The minimum absolute atomic E-state index is 0.0379. The first kappa shape index (κ1) is 19.9. The molecule has 0 aliphatic heterocycles. The SMILES string of the molecule is CN(Cc1ccc(N(C)C)cc1)C(=O)CSc1nnnn1Cc1ccccc1. The van der Waals surface area contributed by atoms with Crippen molar-refractivity contribution in [2.45, 2.75) is 18.2 Å². The van der Waals surface area contributed by atoms with Crippen LogP contribution >= 0.6 is 11.8 Å². The van der Waals surface area contributed by atoms with Crippen molar-refractivity contribution in [1.82, 2.24) is 25.1 Å². The lowest BCUT2D eigenvalue weighted by atomic mass is 10.2. The van der Waals surface area contributed by atoms with Crippen molar-refractivity contribution in [2.24, 2.45) is 0 Å². The highest BCUT2D eigenvalue weighted by atomic mass is 32.2. The van der Waals surface area contributed by atoms with Gasteiger partial charge in [-0.2, -0.15) is 0 Å². The summed E-state index contributed by atoms with van der Waals surface area (Å²) in [6.45, 7) is 1.15.